The van der Waals surface area contributed by atoms with Gasteiger partial charge in [0.15, 0.2) is 0 Å². The number of hydrogen-bond donors (Lipinski definition) is 2. The molecule has 0 atom stereocenters. The minimum Gasteiger partial charge on any atom is -0.354 e. The zero-order valence-corrected chi connectivity index (χ0v) is 12.9. The molecule has 0 aliphatic heterocycles. The first-order valence-electron chi connectivity index (χ1n) is 7.67. The second-order valence-corrected chi connectivity index (χ2v) is 6.75. The molecule has 2 rings (SSSR count). The highest BCUT2D eigenvalue weighted by molar-refractivity contribution is 5.85. The molecule has 0 radical (unpaired) electrons. The molecule has 0 saturated heterocycles. The Morgan fingerprint density at radius 3 is 2.33 bits per heavy atom. The van der Waals surface area contributed by atoms with Crippen LogP contribution in [-0.4, -0.2) is 18.0 Å². The number of carbonyl (C=O) groups excluding carboxylic acids is 1. The lowest BCUT2D eigenvalue weighted by atomic mass is 9.69. The molecule has 1 aliphatic rings. The van der Waals surface area contributed by atoms with E-state index < -0.39 is 5.54 Å². The Hall–Kier alpha value is -1.42. The molecular formula is C17H25FN2O. The van der Waals surface area contributed by atoms with Gasteiger partial charge in [0.2, 0.25) is 5.91 Å². The summed E-state index contributed by atoms with van der Waals surface area (Å²) in [6, 6.07) is 6.70. The second-order valence-electron chi connectivity index (χ2n) is 6.75. The van der Waals surface area contributed by atoms with Gasteiger partial charge in [-0.15, -0.1) is 0 Å². The Kier molecular flexibility index (Phi) is 4.67. The van der Waals surface area contributed by atoms with Gasteiger partial charge in [0, 0.05) is 12.0 Å². The zero-order chi connectivity index (χ0) is 15.5. The smallest absolute Gasteiger partial charge is 0.239 e. The van der Waals surface area contributed by atoms with Gasteiger partial charge in [0.05, 0.1) is 5.54 Å². The van der Waals surface area contributed by atoms with E-state index in [9.17, 15) is 9.18 Å². The fourth-order valence-electron chi connectivity index (χ4n) is 3.08. The van der Waals surface area contributed by atoms with Gasteiger partial charge in [-0.2, -0.15) is 0 Å². The third-order valence-corrected chi connectivity index (χ3v) is 4.44. The maximum atomic E-state index is 13.2. The third-order valence-electron chi connectivity index (χ3n) is 4.44. The van der Waals surface area contributed by atoms with Crippen LogP contribution in [0.4, 0.5) is 4.39 Å². The molecule has 3 nitrogen and oxygen atoms in total. The molecule has 0 bridgehead atoms. The van der Waals surface area contributed by atoms with E-state index in [1.54, 1.807) is 13.8 Å². The van der Waals surface area contributed by atoms with Crippen molar-refractivity contribution in [1.29, 1.82) is 0 Å². The highest BCUT2D eigenvalue weighted by Crippen LogP contribution is 2.39. The molecule has 1 saturated carbocycles. The van der Waals surface area contributed by atoms with Crippen molar-refractivity contribution in [2.45, 2.75) is 56.9 Å². The summed E-state index contributed by atoms with van der Waals surface area (Å²) in [5, 5.41) is 2.99. The van der Waals surface area contributed by atoms with Gasteiger partial charge < -0.3 is 11.1 Å². The SMILES string of the molecule is CC(C)(N)C(=O)NCC1(c2ccc(F)cc2)CCCCC1. The number of rotatable bonds is 4. The van der Waals surface area contributed by atoms with E-state index in [4.69, 9.17) is 5.73 Å². The average Bonchev–Trinajstić information content (AvgIpc) is 2.45. The number of amides is 1. The Labute approximate surface area is 126 Å². The number of carbonyl (C=O) groups is 1. The number of benzene rings is 1. The highest BCUT2D eigenvalue weighted by Gasteiger charge is 2.35. The van der Waals surface area contributed by atoms with Crippen LogP contribution in [0.2, 0.25) is 0 Å². The summed E-state index contributed by atoms with van der Waals surface area (Å²) in [5.41, 5.74) is 5.98. The summed E-state index contributed by atoms with van der Waals surface area (Å²) >= 11 is 0. The summed E-state index contributed by atoms with van der Waals surface area (Å²) in [5.74, 6) is -0.369. The first-order chi connectivity index (χ1) is 9.83. The van der Waals surface area contributed by atoms with Gasteiger partial charge >= 0.3 is 0 Å². The maximum absolute atomic E-state index is 13.2. The summed E-state index contributed by atoms with van der Waals surface area (Å²) < 4.78 is 13.2. The molecule has 0 unspecified atom stereocenters. The van der Waals surface area contributed by atoms with E-state index in [1.807, 2.05) is 12.1 Å². The quantitative estimate of drug-likeness (QED) is 0.896. The predicted molar refractivity (Wildman–Crippen MR) is 82.4 cm³/mol. The average molecular weight is 292 g/mol. The van der Waals surface area contributed by atoms with Gasteiger partial charge in [-0.1, -0.05) is 31.4 Å². The number of nitrogens with two attached hydrogens (primary N) is 1. The van der Waals surface area contributed by atoms with Crippen LogP contribution >= 0.6 is 0 Å². The molecule has 1 fully saturated rings. The van der Waals surface area contributed by atoms with E-state index in [2.05, 4.69) is 5.32 Å². The number of hydrogen-bond acceptors (Lipinski definition) is 2. The van der Waals surface area contributed by atoms with Gasteiger partial charge in [-0.05, 0) is 44.4 Å². The van der Waals surface area contributed by atoms with E-state index in [-0.39, 0.29) is 17.1 Å². The van der Waals surface area contributed by atoms with Crippen LogP contribution in [0, 0.1) is 5.82 Å². The van der Waals surface area contributed by atoms with Crippen LogP contribution in [0.5, 0.6) is 0 Å². The van der Waals surface area contributed by atoms with Crippen LogP contribution < -0.4 is 11.1 Å². The third kappa shape index (κ3) is 3.82. The van der Waals surface area contributed by atoms with Crippen molar-refractivity contribution < 1.29 is 9.18 Å². The highest BCUT2D eigenvalue weighted by atomic mass is 19.1. The Morgan fingerprint density at radius 1 is 1.24 bits per heavy atom. The summed E-state index contributed by atoms with van der Waals surface area (Å²) in [6.07, 6.45) is 5.53. The first-order valence-corrected chi connectivity index (χ1v) is 7.67. The van der Waals surface area contributed by atoms with Crippen LogP contribution in [0.15, 0.2) is 24.3 Å². The van der Waals surface area contributed by atoms with Crippen molar-refractivity contribution in [2.75, 3.05) is 6.54 Å². The molecule has 0 aromatic heterocycles. The molecule has 3 N–H and O–H groups in total. The van der Waals surface area contributed by atoms with Gasteiger partial charge in [-0.25, -0.2) is 4.39 Å². The molecule has 21 heavy (non-hydrogen) atoms. The molecular weight excluding hydrogens is 267 g/mol. The van der Waals surface area contributed by atoms with Gasteiger partial charge in [0.1, 0.15) is 5.82 Å². The fraction of sp³-hybridized carbons (Fsp3) is 0.588. The lowest BCUT2D eigenvalue weighted by Gasteiger charge is -2.38. The van der Waals surface area contributed by atoms with E-state index in [0.717, 1.165) is 31.2 Å². The zero-order valence-electron chi connectivity index (χ0n) is 12.9. The van der Waals surface area contributed by atoms with E-state index in [0.29, 0.717) is 6.54 Å². The van der Waals surface area contributed by atoms with E-state index >= 15 is 0 Å². The van der Waals surface area contributed by atoms with Crippen molar-refractivity contribution in [2.24, 2.45) is 5.73 Å². The summed E-state index contributed by atoms with van der Waals surface area (Å²) in [7, 11) is 0. The molecule has 1 amide bonds. The van der Waals surface area contributed by atoms with Gasteiger partial charge in [0.25, 0.3) is 0 Å². The largest absolute Gasteiger partial charge is 0.354 e. The monoisotopic (exact) mass is 292 g/mol. The van der Waals surface area contributed by atoms with Crippen molar-refractivity contribution in [3.63, 3.8) is 0 Å². The topological polar surface area (TPSA) is 55.1 Å². The standard InChI is InChI=1S/C17H25FN2O/c1-16(2,19)15(21)20-12-17(10-4-3-5-11-17)13-6-8-14(18)9-7-13/h6-9H,3-5,10-12,19H2,1-2H3,(H,20,21). The molecule has 4 heteroatoms. The van der Waals surface area contributed by atoms with Gasteiger partial charge in [-0.3, -0.25) is 4.79 Å². The fourth-order valence-corrected chi connectivity index (χ4v) is 3.08. The van der Waals surface area contributed by atoms with Crippen molar-refractivity contribution in [3.05, 3.63) is 35.6 Å². The van der Waals surface area contributed by atoms with Crippen LogP contribution in [-0.2, 0) is 10.2 Å². The lowest BCUT2D eigenvalue weighted by Crippen LogP contribution is -2.52. The van der Waals surface area contributed by atoms with Crippen molar-refractivity contribution >= 4 is 5.91 Å². The van der Waals surface area contributed by atoms with Crippen LogP contribution in [0.3, 0.4) is 0 Å². The minimum absolute atomic E-state index is 0.0904. The first kappa shape index (κ1) is 16.0. The Balaban J connectivity index is 2.17. The Morgan fingerprint density at radius 2 is 1.81 bits per heavy atom. The molecule has 1 aromatic rings. The molecule has 116 valence electrons. The maximum Gasteiger partial charge on any atom is 0.239 e. The summed E-state index contributed by atoms with van der Waals surface area (Å²) in [4.78, 5) is 12.0. The van der Waals surface area contributed by atoms with Crippen LogP contribution in [0.1, 0.15) is 51.5 Å². The summed E-state index contributed by atoms with van der Waals surface area (Å²) in [6.45, 7) is 3.97. The normalized spacial score (nSPS) is 18.3. The molecule has 1 aliphatic carbocycles. The molecule has 0 spiro atoms. The Bertz CT molecular complexity index is 485. The van der Waals surface area contributed by atoms with Crippen LogP contribution in [0.25, 0.3) is 0 Å². The number of nitrogens with one attached hydrogen (secondary N) is 1. The van der Waals surface area contributed by atoms with Crippen molar-refractivity contribution in [3.8, 4) is 0 Å². The predicted octanol–water partition coefficient (Wildman–Crippen LogP) is 2.88. The lowest BCUT2D eigenvalue weighted by molar-refractivity contribution is -0.125. The second kappa shape index (κ2) is 6.14. The minimum atomic E-state index is -0.876. The van der Waals surface area contributed by atoms with Crippen molar-refractivity contribution in [1.82, 2.24) is 5.32 Å². The molecule has 1 aromatic carbocycles. The molecule has 0 heterocycles. The number of halogens is 1. The van der Waals surface area contributed by atoms with E-state index in [1.165, 1.54) is 18.6 Å².